The Hall–Kier alpha value is -1.20. The van der Waals surface area contributed by atoms with Gasteiger partial charge in [0.2, 0.25) is 10.0 Å². The summed E-state index contributed by atoms with van der Waals surface area (Å²) in [4.78, 5) is 3.81. The summed E-state index contributed by atoms with van der Waals surface area (Å²) in [5.74, 6) is 0.172. The van der Waals surface area contributed by atoms with Crippen molar-refractivity contribution in [1.29, 1.82) is 5.26 Å². The van der Waals surface area contributed by atoms with Crippen LogP contribution in [0.5, 0.6) is 0 Å². The average molecular weight is 331 g/mol. The van der Waals surface area contributed by atoms with Crippen LogP contribution in [0.15, 0.2) is 23.4 Å². The lowest BCUT2D eigenvalue weighted by Crippen LogP contribution is -2.44. The van der Waals surface area contributed by atoms with Gasteiger partial charge in [0.1, 0.15) is 11.0 Å². The molecule has 0 aromatic carbocycles. The van der Waals surface area contributed by atoms with Crippen LogP contribution in [-0.2, 0) is 10.0 Å². The summed E-state index contributed by atoms with van der Waals surface area (Å²) >= 11 is 0. The van der Waals surface area contributed by atoms with E-state index in [-0.39, 0.29) is 34.8 Å². The van der Waals surface area contributed by atoms with Crippen molar-refractivity contribution in [1.82, 2.24) is 9.71 Å². The van der Waals surface area contributed by atoms with E-state index in [4.69, 9.17) is 11.0 Å². The summed E-state index contributed by atoms with van der Waals surface area (Å²) in [5.41, 5.74) is 5.94. The maximum atomic E-state index is 12.3. The molecule has 2 atom stereocenters. The number of nitriles is 1. The van der Waals surface area contributed by atoms with Crippen LogP contribution in [0, 0.1) is 17.2 Å². The molecular weight excluding hydrogens is 312 g/mol. The monoisotopic (exact) mass is 330 g/mol. The molecule has 1 aliphatic carbocycles. The predicted molar refractivity (Wildman–Crippen MR) is 81.3 cm³/mol. The van der Waals surface area contributed by atoms with Crippen LogP contribution in [0.1, 0.15) is 31.2 Å². The highest BCUT2D eigenvalue weighted by Crippen LogP contribution is 2.25. The Morgan fingerprint density at radius 1 is 1.38 bits per heavy atom. The maximum Gasteiger partial charge on any atom is 0.242 e. The first-order valence-electron chi connectivity index (χ1n) is 6.64. The Bertz CT molecular complexity index is 615. The van der Waals surface area contributed by atoms with E-state index in [1.807, 2.05) is 6.07 Å². The van der Waals surface area contributed by atoms with E-state index in [0.29, 0.717) is 6.54 Å². The molecule has 0 aliphatic heterocycles. The second kappa shape index (κ2) is 7.71. The van der Waals surface area contributed by atoms with Gasteiger partial charge in [-0.25, -0.2) is 13.1 Å². The van der Waals surface area contributed by atoms with E-state index >= 15 is 0 Å². The molecule has 1 fully saturated rings. The summed E-state index contributed by atoms with van der Waals surface area (Å²) < 4.78 is 27.4. The van der Waals surface area contributed by atoms with Crippen LogP contribution in [0.3, 0.4) is 0 Å². The number of nitrogens with two attached hydrogens (primary N) is 1. The van der Waals surface area contributed by atoms with Gasteiger partial charge in [-0.3, -0.25) is 4.98 Å². The molecule has 1 aromatic rings. The molecule has 2 rings (SSSR count). The number of hydrogen-bond donors (Lipinski definition) is 2. The number of sulfonamides is 1. The number of nitrogens with zero attached hydrogens (tertiary/aromatic N) is 2. The molecule has 0 bridgehead atoms. The zero-order valence-electron chi connectivity index (χ0n) is 11.5. The lowest BCUT2D eigenvalue weighted by atomic mass is 9.85. The van der Waals surface area contributed by atoms with Gasteiger partial charge >= 0.3 is 0 Å². The fourth-order valence-electron chi connectivity index (χ4n) is 2.54. The molecule has 3 N–H and O–H groups in total. The lowest BCUT2D eigenvalue weighted by Gasteiger charge is -2.30. The normalized spacial score (nSPS) is 22.1. The summed E-state index contributed by atoms with van der Waals surface area (Å²) in [6, 6.07) is 3.08. The minimum Gasteiger partial charge on any atom is -0.330 e. The largest absolute Gasteiger partial charge is 0.330 e. The molecule has 1 aromatic heterocycles. The van der Waals surface area contributed by atoms with Crippen molar-refractivity contribution < 1.29 is 8.42 Å². The Balaban J connectivity index is 0.00000220. The maximum absolute atomic E-state index is 12.3. The quantitative estimate of drug-likeness (QED) is 0.861. The van der Waals surface area contributed by atoms with Crippen molar-refractivity contribution in [2.24, 2.45) is 11.7 Å². The highest BCUT2D eigenvalue weighted by atomic mass is 35.5. The van der Waals surface area contributed by atoms with Crippen LogP contribution in [0.25, 0.3) is 0 Å². The number of rotatable bonds is 4. The standard InChI is InChI=1S/C13H18N4O2S.ClH/c14-6-10-5-12(9-16-8-10)20(18,19)17-13-4-2-1-3-11(13)7-15;/h5,8-9,11,13,17H,1-4,7,15H2;1H. The summed E-state index contributed by atoms with van der Waals surface area (Å²) in [5, 5.41) is 8.81. The molecule has 0 radical (unpaired) electrons. The summed E-state index contributed by atoms with van der Waals surface area (Å²) in [6.07, 6.45) is 6.42. The van der Waals surface area contributed by atoms with Crippen LogP contribution in [0.4, 0.5) is 0 Å². The molecular formula is C13H19ClN4O2S. The molecule has 6 nitrogen and oxygen atoms in total. The zero-order chi connectivity index (χ0) is 14.6. The first-order valence-corrected chi connectivity index (χ1v) is 8.12. The van der Waals surface area contributed by atoms with E-state index in [1.54, 1.807) is 0 Å². The molecule has 21 heavy (non-hydrogen) atoms. The van der Waals surface area contributed by atoms with Gasteiger partial charge in [-0.15, -0.1) is 12.4 Å². The minimum absolute atomic E-state index is 0. The van der Waals surface area contributed by atoms with Gasteiger partial charge < -0.3 is 5.73 Å². The van der Waals surface area contributed by atoms with Crippen LogP contribution < -0.4 is 10.5 Å². The first-order chi connectivity index (χ1) is 9.56. The second-order valence-electron chi connectivity index (χ2n) is 5.03. The SMILES string of the molecule is Cl.N#Cc1cncc(S(=O)(=O)NC2CCCCC2CN)c1. The number of pyridine rings is 1. The van der Waals surface area contributed by atoms with E-state index in [2.05, 4.69) is 9.71 Å². The predicted octanol–water partition coefficient (Wildman–Crippen LogP) is 1.17. The van der Waals surface area contributed by atoms with Gasteiger partial charge in [-0.2, -0.15) is 5.26 Å². The molecule has 116 valence electrons. The number of hydrogen-bond acceptors (Lipinski definition) is 5. The molecule has 0 amide bonds. The lowest BCUT2D eigenvalue weighted by molar-refractivity contribution is 0.296. The third-order valence-electron chi connectivity index (χ3n) is 3.67. The molecule has 0 spiro atoms. The molecule has 8 heteroatoms. The van der Waals surface area contributed by atoms with Gasteiger partial charge in [-0.05, 0) is 31.4 Å². The van der Waals surface area contributed by atoms with Crippen molar-refractivity contribution in [2.45, 2.75) is 36.6 Å². The molecule has 1 saturated carbocycles. The van der Waals surface area contributed by atoms with Crippen molar-refractivity contribution >= 4 is 22.4 Å². The highest BCUT2D eigenvalue weighted by Gasteiger charge is 2.28. The second-order valence-corrected chi connectivity index (χ2v) is 6.74. The molecule has 2 unspecified atom stereocenters. The van der Waals surface area contributed by atoms with E-state index in [9.17, 15) is 8.42 Å². The van der Waals surface area contributed by atoms with Gasteiger partial charge in [0, 0.05) is 18.4 Å². The van der Waals surface area contributed by atoms with Gasteiger partial charge in [0.15, 0.2) is 0 Å². The number of nitrogens with one attached hydrogen (secondary N) is 1. The van der Waals surface area contributed by atoms with Gasteiger partial charge in [0.05, 0.1) is 5.56 Å². The van der Waals surface area contributed by atoms with E-state index in [1.165, 1.54) is 18.5 Å². The fraction of sp³-hybridized carbons (Fsp3) is 0.538. The third kappa shape index (κ3) is 4.38. The van der Waals surface area contributed by atoms with Crippen LogP contribution in [0.2, 0.25) is 0 Å². The smallest absolute Gasteiger partial charge is 0.242 e. The van der Waals surface area contributed by atoms with Crippen LogP contribution >= 0.6 is 12.4 Å². The third-order valence-corrected chi connectivity index (χ3v) is 5.13. The van der Waals surface area contributed by atoms with Gasteiger partial charge in [-0.1, -0.05) is 12.8 Å². The molecule has 1 aliphatic rings. The Morgan fingerprint density at radius 3 is 2.76 bits per heavy atom. The van der Waals surface area contributed by atoms with Crippen molar-refractivity contribution in [2.75, 3.05) is 6.54 Å². The fourth-order valence-corrected chi connectivity index (χ4v) is 3.87. The summed E-state index contributed by atoms with van der Waals surface area (Å²) in [7, 11) is -3.65. The Morgan fingerprint density at radius 2 is 2.10 bits per heavy atom. The Kier molecular flexibility index (Phi) is 6.55. The van der Waals surface area contributed by atoms with Gasteiger partial charge in [0.25, 0.3) is 0 Å². The summed E-state index contributed by atoms with van der Waals surface area (Å²) in [6.45, 7) is 0.476. The van der Waals surface area contributed by atoms with Crippen molar-refractivity contribution in [3.05, 3.63) is 24.0 Å². The van der Waals surface area contributed by atoms with E-state index < -0.39 is 10.0 Å². The topological polar surface area (TPSA) is 109 Å². The molecule has 1 heterocycles. The van der Waals surface area contributed by atoms with E-state index in [0.717, 1.165) is 25.7 Å². The first kappa shape index (κ1) is 17.9. The van der Waals surface area contributed by atoms with Crippen molar-refractivity contribution in [3.8, 4) is 6.07 Å². The highest BCUT2D eigenvalue weighted by molar-refractivity contribution is 7.89. The average Bonchev–Trinajstić information content (AvgIpc) is 2.47. The number of halogens is 1. The van der Waals surface area contributed by atoms with Crippen LogP contribution in [-0.4, -0.2) is 26.0 Å². The Labute approximate surface area is 131 Å². The zero-order valence-corrected chi connectivity index (χ0v) is 13.2. The minimum atomic E-state index is -3.65. The molecule has 0 saturated heterocycles. The van der Waals surface area contributed by atoms with Crippen molar-refractivity contribution in [3.63, 3.8) is 0 Å². The number of aromatic nitrogens is 1.